The van der Waals surface area contributed by atoms with Crippen molar-refractivity contribution in [2.75, 3.05) is 13.1 Å². The number of hydrogen-bond donors (Lipinski definition) is 1. The Bertz CT molecular complexity index is 245. The van der Waals surface area contributed by atoms with E-state index in [0.717, 1.165) is 19.4 Å². The highest BCUT2D eigenvalue weighted by molar-refractivity contribution is 5.68. The molecular formula is C12H23NO3. The molecule has 94 valence electrons. The standard InChI is InChI=1S/C12H23NO3/c1-9(14)10-6-5-7-13(8-10)11(15)16-12(2,3)4/h9-10,14H,5-8H2,1-4H3/t9-,10?/m1/s1. The van der Waals surface area contributed by atoms with Crippen LogP contribution < -0.4 is 0 Å². The topological polar surface area (TPSA) is 49.8 Å². The van der Waals surface area contributed by atoms with Crippen LogP contribution in [0.15, 0.2) is 0 Å². The molecule has 0 aromatic carbocycles. The molecule has 0 bridgehead atoms. The number of amides is 1. The van der Waals surface area contributed by atoms with Gasteiger partial charge in [0.05, 0.1) is 6.10 Å². The van der Waals surface area contributed by atoms with E-state index in [4.69, 9.17) is 4.74 Å². The quantitative estimate of drug-likeness (QED) is 0.748. The Morgan fingerprint density at radius 1 is 1.50 bits per heavy atom. The minimum absolute atomic E-state index is 0.182. The first-order valence-corrected chi connectivity index (χ1v) is 5.95. The molecule has 1 saturated heterocycles. The van der Waals surface area contributed by atoms with Crippen LogP contribution in [0.1, 0.15) is 40.5 Å². The van der Waals surface area contributed by atoms with E-state index in [2.05, 4.69) is 0 Å². The van der Waals surface area contributed by atoms with E-state index in [1.54, 1.807) is 11.8 Å². The highest BCUT2D eigenvalue weighted by Gasteiger charge is 2.29. The molecule has 16 heavy (non-hydrogen) atoms. The lowest BCUT2D eigenvalue weighted by molar-refractivity contribution is 0.00543. The third kappa shape index (κ3) is 4.00. The molecule has 4 heteroatoms. The first-order chi connectivity index (χ1) is 7.29. The molecule has 0 aromatic rings. The van der Waals surface area contributed by atoms with Gasteiger partial charge in [-0.15, -0.1) is 0 Å². The van der Waals surface area contributed by atoms with Crippen molar-refractivity contribution in [1.82, 2.24) is 4.90 Å². The number of ether oxygens (including phenoxy) is 1. The Labute approximate surface area is 97.6 Å². The summed E-state index contributed by atoms with van der Waals surface area (Å²) in [4.78, 5) is 13.5. The number of aliphatic hydroxyl groups excluding tert-OH is 1. The molecule has 0 spiro atoms. The molecule has 1 N–H and O–H groups in total. The summed E-state index contributed by atoms with van der Waals surface area (Å²) in [6, 6.07) is 0. The van der Waals surface area contributed by atoms with Gasteiger partial charge in [-0.25, -0.2) is 4.79 Å². The van der Waals surface area contributed by atoms with Crippen LogP contribution in [0, 0.1) is 5.92 Å². The Kier molecular flexibility index (Phi) is 4.19. The molecule has 1 aliphatic rings. The van der Waals surface area contributed by atoms with Crippen molar-refractivity contribution in [3.05, 3.63) is 0 Å². The number of hydrogen-bond acceptors (Lipinski definition) is 3. The Morgan fingerprint density at radius 2 is 2.12 bits per heavy atom. The number of carbonyl (C=O) groups excluding carboxylic acids is 1. The lowest BCUT2D eigenvalue weighted by Crippen LogP contribution is -2.45. The number of carbonyl (C=O) groups is 1. The van der Waals surface area contributed by atoms with Crippen LogP contribution in [0.2, 0.25) is 0 Å². The second kappa shape index (κ2) is 5.04. The van der Waals surface area contributed by atoms with Crippen molar-refractivity contribution in [2.45, 2.75) is 52.2 Å². The van der Waals surface area contributed by atoms with Gasteiger partial charge < -0.3 is 14.7 Å². The van der Waals surface area contributed by atoms with Crippen molar-refractivity contribution in [2.24, 2.45) is 5.92 Å². The van der Waals surface area contributed by atoms with Gasteiger partial charge in [0, 0.05) is 19.0 Å². The van der Waals surface area contributed by atoms with Crippen LogP contribution in [0.3, 0.4) is 0 Å². The van der Waals surface area contributed by atoms with E-state index in [9.17, 15) is 9.90 Å². The Balaban J connectivity index is 2.50. The summed E-state index contributed by atoms with van der Waals surface area (Å²) in [5.74, 6) is 0.182. The average molecular weight is 229 g/mol. The average Bonchev–Trinajstić information content (AvgIpc) is 2.15. The minimum Gasteiger partial charge on any atom is -0.444 e. The molecule has 0 aromatic heterocycles. The fraction of sp³-hybridized carbons (Fsp3) is 0.917. The second-order valence-corrected chi connectivity index (χ2v) is 5.57. The zero-order valence-electron chi connectivity index (χ0n) is 10.7. The van der Waals surface area contributed by atoms with Gasteiger partial charge in [0.1, 0.15) is 5.60 Å². The van der Waals surface area contributed by atoms with Crippen LogP contribution in [0.5, 0.6) is 0 Å². The highest BCUT2D eigenvalue weighted by Crippen LogP contribution is 2.21. The van der Waals surface area contributed by atoms with Crippen LogP contribution >= 0.6 is 0 Å². The van der Waals surface area contributed by atoms with Crippen LogP contribution in [0.4, 0.5) is 4.79 Å². The maximum Gasteiger partial charge on any atom is 0.410 e. The second-order valence-electron chi connectivity index (χ2n) is 5.57. The lowest BCUT2D eigenvalue weighted by Gasteiger charge is -2.35. The molecule has 4 nitrogen and oxygen atoms in total. The lowest BCUT2D eigenvalue weighted by atomic mass is 9.94. The van der Waals surface area contributed by atoms with Gasteiger partial charge >= 0.3 is 6.09 Å². The monoisotopic (exact) mass is 229 g/mol. The van der Waals surface area contributed by atoms with E-state index in [1.807, 2.05) is 20.8 Å². The fourth-order valence-corrected chi connectivity index (χ4v) is 1.90. The molecule has 1 amide bonds. The van der Waals surface area contributed by atoms with E-state index in [1.165, 1.54) is 0 Å². The predicted molar refractivity (Wildman–Crippen MR) is 62.2 cm³/mol. The van der Waals surface area contributed by atoms with Crippen molar-refractivity contribution < 1.29 is 14.6 Å². The van der Waals surface area contributed by atoms with Gasteiger partial charge in [-0.2, -0.15) is 0 Å². The fourth-order valence-electron chi connectivity index (χ4n) is 1.90. The zero-order valence-corrected chi connectivity index (χ0v) is 10.7. The third-order valence-electron chi connectivity index (χ3n) is 2.79. The molecule has 0 saturated carbocycles. The van der Waals surface area contributed by atoms with Gasteiger partial charge in [0.2, 0.25) is 0 Å². The molecular weight excluding hydrogens is 206 g/mol. The summed E-state index contributed by atoms with van der Waals surface area (Å²) < 4.78 is 5.31. The Hall–Kier alpha value is -0.770. The number of piperidine rings is 1. The first kappa shape index (κ1) is 13.3. The van der Waals surface area contributed by atoms with E-state index >= 15 is 0 Å². The van der Waals surface area contributed by atoms with Crippen molar-refractivity contribution in [3.8, 4) is 0 Å². The van der Waals surface area contributed by atoms with E-state index in [-0.39, 0.29) is 18.1 Å². The van der Waals surface area contributed by atoms with Gasteiger partial charge in [-0.3, -0.25) is 0 Å². The van der Waals surface area contributed by atoms with E-state index in [0.29, 0.717) is 6.54 Å². The molecule has 0 aliphatic carbocycles. The van der Waals surface area contributed by atoms with Crippen molar-refractivity contribution in [1.29, 1.82) is 0 Å². The molecule has 0 radical (unpaired) electrons. The molecule has 1 fully saturated rings. The predicted octanol–water partition coefficient (Wildman–Crippen LogP) is 2.01. The normalized spacial score (nSPS) is 24.1. The zero-order chi connectivity index (χ0) is 12.3. The number of aliphatic hydroxyl groups is 1. The molecule has 1 heterocycles. The summed E-state index contributed by atoms with van der Waals surface area (Å²) in [6.07, 6.45) is 1.30. The summed E-state index contributed by atoms with van der Waals surface area (Å²) in [7, 11) is 0. The molecule has 2 atom stereocenters. The largest absolute Gasteiger partial charge is 0.444 e. The number of likely N-dealkylation sites (tertiary alicyclic amines) is 1. The van der Waals surface area contributed by atoms with Gasteiger partial charge in [-0.1, -0.05) is 0 Å². The summed E-state index contributed by atoms with van der Waals surface area (Å²) in [5.41, 5.74) is -0.450. The molecule has 1 rings (SSSR count). The smallest absolute Gasteiger partial charge is 0.410 e. The van der Waals surface area contributed by atoms with Gasteiger partial charge in [0.15, 0.2) is 0 Å². The SMILES string of the molecule is C[C@@H](O)C1CCCN(C(=O)OC(C)(C)C)C1. The van der Waals surface area contributed by atoms with Crippen LogP contribution in [-0.2, 0) is 4.74 Å². The van der Waals surface area contributed by atoms with Crippen LogP contribution in [0.25, 0.3) is 0 Å². The maximum absolute atomic E-state index is 11.8. The summed E-state index contributed by atoms with van der Waals surface area (Å²) >= 11 is 0. The van der Waals surface area contributed by atoms with E-state index < -0.39 is 5.60 Å². The van der Waals surface area contributed by atoms with Gasteiger partial charge in [0.25, 0.3) is 0 Å². The summed E-state index contributed by atoms with van der Waals surface area (Å²) in [5, 5.41) is 9.53. The van der Waals surface area contributed by atoms with Gasteiger partial charge in [-0.05, 0) is 40.5 Å². The highest BCUT2D eigenvalue weighted by atomic mass is 16.6. The first-order valence-electron chi connectivity index (χ1n) is 5.95. The minimum atomic E-state index is -0.450. The van der Waals surface area contributed by atoms with Crippen molar-refractivity contribution >= 4 is 6.09 Å². The van der Waals surface area contributed by atoms with Crippen molar-refractivity contribution in [3.63, 3.8) is 0 Å². The maximum atomic E-state index is 11.8. The Morgan fingerprint density at radius 3 is 2.62 bits per heavy atom. The number of rotatable bonds is 1. The molecule has 1 aliphatic heterocycles. The summed E-state index contributed by atoms with van der Waals surface area (Å²) in [6.45, 7) is 8.71. The third-order valence-corrected chi connectivity index (χ3v) is 2.79. The number of nitrogens with zero attached hydrogens (tertiary/aromatic N) is 1. The van der Waals surface area contributed by atoms with Crippen LogP contribution in [-0.4, -0.2) is 40.9 Å². The molecule has 1 unspecified atom stereocenters.